The molecule has 2 unspecified atom stereocenters. The Labute approximate surface area is 155 Å². The monoisotopic (exact) mass is 329 g/mol. The number of aryl methyl sites for hydroxylation is 1. The number of piperidine rings is 1. The fourth-order valence-corrected chi connectivity index (χ4v) is 2.70. The Morgan fingerprint density at radius 3 is 3.04 bits per heavy atom. The van der Waals surface area contributed by atoms with Crippen LogP contribution in [0.2, 0.25) is 0 Å². The summed E-state index contributed by atoms with van der Waals surface area (Å²) < 4.78 is 110. The van der Waals surface area contributed by atoms with Gasteiger partial charge in [0.05, 0.1) is 21.0 Å². The average molecular weight is 330 g/mol. The summed E-state index contributed by atoms with van der Waals surface area (Å²) in [6, 6.07) is -3.01. The van der Waals surface area contributed by atoms with Crippen molar-refractivity contribution in [2.24, 2.45) is 11.8 Å². The second kappa shape index (κ2) is 6.52. The molecule has 0 bridgehead atoms. The lowest BCUT2D eigenvalue weighted by Gasteiger charge is -2.43. The van der Waals surface area contributed by atoms with E-state index in [9.17, 15) is 4.79 Å². The molecule has 0 saturated carbocycles. The highest BCUT2D eigenvalue weighted by molar-refractivity contribution is 5.83. The van der Waals surface area contributed by atoms with Crippen molar-refractivity contribution in [3.05, 3.63) is 23.2 Å². The van der Waals surface area contributed by atoms with E-state index < -0.39 is 79.2 Å². The fourth-order valence-electron chi connectivity index (χ4n) is 2.70. The van der Waals surface area contributed by atoms with Gasteiger partial charge in [0.2, 0.25) is 0 Å². The molecule has 0 aliphatic carbocycles. The molecular formula is C19H27NO3. The van der Waals surface area contributed by atoms with Gasteiger partial charge < -0.3 is 9.47 Å². The summed E-state index contributed by atoms with van der Waals surface area (Å²) in [6.45, 7) is -0.549. The quantitative estimate of drug-likeness (QED) is 0.850. The highest BCUT2D eigenvalue weighted by Crippen LogP contribution is 2.42. The molecule has 0 spiro atoms. The molecule has 0 amide bonds. The van der Waals surface area contributed by atoms with Gasteiger partial charge in [-0.25, -0.2) is 0 Å². The molecule has 1 fully saturated rings. The first-order valence-corrected chi connectivity index (χ1v) is 7.34. The smallest absolute Gasteiger partial charge is 0.161 e. The van der Waals surface area contributed by atoms with Crippen molar-refractivity contribution in [1.82, 2.24) is 4.90 Å². The zero-order chi connectivity index (χ0) is 27.2. The number of Topliss-reactive ketones (excluding diaryl/α,β-unsaturated/α-hetero) is 1. The van der Waals surface area contributed by atoms with Crippen LogP contribution >= 0.6 is 0 Å². The molecule has 2 aliphatic heterocycles. The van der Waals surface area contributed by atoms with Crippen LogP contribution in [0.15, 0.2) is 12.1 Å². The van der Waals surface area contributed by atoms with E-state index in [4.69, 9.17) is 25.9 Å². The summed E-state index contributed by atoms with van der Waals surface area (Å²) >= 11 is 0. The lowest BCUT2D eigenvalue weighted by molar-refractivity contribution is -0.129. The number of benzene rings is 1. The van der Waals surface area contributed by atoms with Gasteiger partial charge >= 0.3 is 0 Å². The normalized spacial score (nSPS) is 45.5. The van der Waals surface area contributed by atoms with Crippen LogP contribution in [0.4, 0.5) is 0 Å². The fraction of sp³-hybridized carbons (Fsp3) is 0.632. The summed E-state index contributed by atoms with van der Waals surface area (Å²) in [6.07, 6.45) is -6.45. The van der Waals surface area contributed by atoms with Crippen LogP contribution in [0.1, 0.15) is 60.2 Å². The topological polar surface area (TPSA) is 38.8 Å². The third-order valence-electron chi connectivity index (χ3n) is 3.71. The number of ketones is 1. The lowest BCUT2D eigenvalue weighted by atomic mass is 9.80. The van der Waals surface area contributed by atoms with Crippen molar-refractivity contribution in [1.29, 1.82) is 0 Å². The van der Waals surface area contributed by atoms with Gasteiger partial charge in [0.25, 0.3) is 0 Å². The van der Waals surface area contributed by atoms with E-state index in [0.717, 1.165) is 13.2 Å². The van der Waals surface area contributed by atoms with Crippen molar-refractivity contribution in [2.75, 3.05) is 27.2 Å². The van der Waals surface area contributed by atoms with E-state index in [2.05, 4.69) is 0 Å². The number of hydrogen-bond acceptors (Lipinski definition) is 4. The van der Waals surface area contributed by atoms with Crippen LogP contribution < -0.4 is 9.47 Å². The van der Waals surface area contributed by atoms with Crippen molar-refractivity contribution in [3.8, 4) is 11.5 Å². The summed E-state index contributed by atoms with van der Waals surface area (Å²) in [5.74, 6) is -4.89. The maximum absolute atomic E-state index is 13.4. The molecule has 23 heavy (non-hydrogen) atoms. The molecule has 4 heteroatoms. The maximum Gasteiger partial charge on any atom is 0.161 e. The van der Waals surface area contributed by atoms with Crippen molar-refractivity contribution in [2.45, 2.75) is 39.0 Å². The molecule has 2 atom stereocenters. The molecule has 0 N–H and O–H groups in total. The molecular weight excluding hydrogens is 290 g/mol. The molecule has 0 aromatic heterocycles. The molecule has 3 rings (SSSR count). The number of hydrogen-bond donors (Lipinski definition) is 0. The van der Waals surface area contributed by atoms with Gasteiger partial charge in [0.1, 0.15) is 5.78 Å². The highest BCUT2D eigenvalue weighted by Gasteiger charge is 2.38. The van der Waals surface area contributed by atoms with Crippen molar-refractivity contribution in [3.63, 3.8) is 0 Å². The van der Waals surface area contributed by atoms with Gasteiger partial charge in [0.15, 0.2) is 11.5 Å². The molecule has 2 aliphatic rings. The Morgan fingerprint density at radius 1 is 1.52 bits per heavy atom. The SMILES string of the molecule is [2H]c1c(OC)c(OC([2H])([2H])[2H])cc2c1C1([2H])N(CC([2H])(CC(C)C)C(=O)C1([2H])[2H])C([2H])([2H])C2([2H])[2H]. The van der Waals surface area contributed by atoms with E-state index in [1.165, 1.54) is 0 Å². The number of methoxy groups -OCH3 is 2. The molecule has 1 aromatic rings. The molecule has 0 radical (unpaired) electrons. The van der Waals surface area contributed by atoms with Crippen LogP contribution in [0.25, 0.3) is 0 Å². The highest BCUT2D eigenvalue weighted by atomic mass is 16.5. The lowest BCUT2D eigenvalue weighted by Crippen LogP contribution is -2.46. The van der Waals surface area contributed by atoms with Crippen molar-refractivity contribution < 1.29 is 30.7 Å². The first-order chi connectivity index (χ1) is 15.6. The number of nitrogens with zero attached hydrogens (tertiary/aromatic N) is 1. The molecule has 1 aromatic carbocycles. The number of fused-ring (bicyclic) bond motifs is 3. The summed E-state index contributed by atoms with van der Waals surface area (Å²) in [5.41, 5.74) is -1.41. The molecule has 2 heterocycles. The van der Waals surface area contributed by atoms with E-state index in [1.807, 2.05) is 0 Å². The molecule has 1 saturated heterocycles. The number of carbonyl (C=O) groups is 1. The Morgan fingerprint density at radius 2 is 2.35 bits per heavy atom. The minimum atomic E-state index is -3.26. The first kappa shape index (κ1) is 7.14. The minimum Gasteiger partial charge on any atom is -0.493 e. The second-order valence-electron chi connectivity index (χ2n) is 5.88. The zero-order valence-corrected chi connectivity index (χ0v) is 13.2. The zero-order valence-electron chi connectivity index (χ0n) is 25.2. The maximum atomic E-state index is 13.4. The predicted molar refractivity (Wildman–Crippen MR) is 90.1 cm³/mol. The Kier molecular flexibility index (Phi) is 2.02. The van der Waals surface area contributed by atoms with Gasteiger partial charge in [-0.05, 0) is 41.9 Å². The van der Waals surface area contributed by atoms with E-state index in [-0.39, 0.29) is 12.3 Å². The first-order valence-electron chi connectivity index (χ1n) is 13.3. The third-order valence-corrected chi connectivity index (χ3v) is 3.71. The molecule has 4 nitrogen and oxygen atoms in total. The van der Waals surface area contributed by atoms with Crippen molar-refractivity contribution >= 4 is 5.78 Å². The van der Waals surface area contributed by atoms with Crippen LogP contribution in [0.3, 0.4) is 0 Å². The number of rotatable bonds is 4. The van der Waals surface area contributed by atoms with Gasteiger partial charge in [-0.15, -0.1) is 0 Å². The Hall–Kier alpha value is -1.55. The minimum absolute atomic E-state index is 0.160. The number of carbonyl (C=O) groups excluding carboxylic acids is 1. The Bertz CT molecular complexity index is 1060. The van der Waals surface area contributed by atoms with Crippen LogP contribution in [-0.4, -0.2) is 37.9 Å². The largest absolute Gasteiger partial charge is 0.493 e. The van der Waals surface area contributed by atoms with E-state index in [1.54, 1.807) is 13.8 Å². The average Bonchev–Trinajstić information content (AvgIpc) is 2.67. The standard InChI is InChI=1S/C19H27NO3/c1-12(2)7-14-11-20-6-5-13-8-18(22-3)19(23-4)9-15(13)16(20)10-17(14)21/h8-9,12,14,16H,5-7,10-11H2,1-4H3/i3D3,5D2,6D2,9D,10D2,14D,16D. The predicted octanol–water partition coefficient (Wildman–Crippen LogP) is 3.24. The van der Waals surface area contributed by atoms with Crippen LogP contribution in [-0.2, 0) is 11.2 Å². The van der Waals surface area contributed by atoms with E-state index >= 15 is 0 Å². The van der Waals surface area contributed by atoms with Crippen LogP contribution in [0, 0.1) is 11.8 Å². The molecule has 126 valence electrons. The van der Waals surface area contributed by atoms with Crippen LogP contribution in [0.5, 0.6) is 11.5 Å². The summed E-state index contributed by atoms with van der Waals surface area (Å²) in [5, 5.41) is 0. The van der Waals surface area contributed by atoms with Gasteiger partial charge in [0, 0.05) is 40.9 Å². The third kappa shape index (κ3) is 3.09. The Balaban J connectivity index is 2.45. The summed E-state index contributed by atoms with van der Waals surface area (Å²) in [7, 11) is -1.98. The number of ether oxygens (including phenoxy) is 2. The van der Waals surface area contributed by atoms with Gasteiger partial charge in [-0.1, -0.05) is 13.8 Å². The van der Waals surface area contributed by atoms with E-state index in [0.29, 0.717) is 4.90 Å². The summed E-state index contributed by atoms with van der Waals surface area (Å²) in [4.78, 5) is 13.9. The van der Waals surface area contributed by atoms with Gasteiger partial charge in [-0.2, -0.15) is 0 Å². The second-order valence-corrected chi connectivity index (χ2v) is 5.88. The van der Waals surface area contributed by atoms with Gasteiger partial charge in [-0.3, -0.25) is 9.69 Å².